The summed E-state index contributed by atoms with van der Waals surface area (Å²) in [6.07, 6.45) is 1.27. The molecular weight excluding hydrogens is 467 g/mol. The van der Waals surface area contributed by atoms with Gasteiger partial charge in [0.25, 0.3) is 0 Å². The highest BCUT2D eigenvalue weighted by Gasteiger charge is 2.31. The first kappa shape index (κ1) is 25.8. The summed E-state index contributed by atoms with van der Waals surface area (Å²) < 4.78 is 0. The van der Waals surface area contributed by atoms with E-state index in [9.17, 15) is 9.59 Å². The smallest absolute Gasteiger partial charge is 0.243 e. The van der Waals surface area contributed by atoms with Gasteiger partial charge in [-0.3, -0.25) is 9.59 Å². The molecule has 3 rings (SSSR count). The number of nitrogens with one attached hydrogen (secondary N) is 1. The lowest BCUT2D eigenvalue weighted by atomic mass is 10.0. The lowest BCUT2D eigenvalue weighted by Crippen LogP contribution is -2.52. The van der Waals surface area contributed by atoms with E-state index in [1.807, 2.05) is 80.6 Å². The van der Waals surface area contributed by atoms with Gasteiger partial charge in [-0.2, -0.15) is 0 Å². The lowest BCUT2D eigenvalue weighted by Gasteiger charge is -2.32. The Morgan fingerprint density at radius 1 is 0.853 bits per heavy atom. The highest BCUT2D eigenvalue weighted by molar-refractivity contribution is 6.31. The van der Waals surface area contributed by atoms with Crippen LogP contribution in [-0.4, -0.2) is 28.8 Å². The second kappa shape index (κ2) is 12.6. The maximum Gasteiger partial charge on any atom is 0.243 e. The Labute approximate surface area is 211 Å². The molecule has 0 radical (unpaired) electrons. The van der Waals surface area contributed by atoms with Gasteiger partial charge in [0.2, 0.25) is 11.8 Å². The maximum atomic E-state index is 13.7. The van der Waals surface area contributed by atoms with Gasteiger partial charge in [0.15, 0.2) is 0 Å². The molecule has 0 saturated carbocycles. The number of benzene rings is 3. The van der Waals surface area contributed by atoms with Gasteiger partial charge in [-0.05, 0) is 42.2 Å². The van der Waals surface area contributed by atoms with Crippen molar-refractivity contribution < 1.29 is 9.59 Å². The molecule has 0 aliphatic rings. The van der Waals surface area contributed by atoms with Crippen LogP contribution in [0.5, 0.6) is 0 Å². The fourth-order valence-electron chi connectivity index (χ4n) is 3.71. The van der Waals surface area contributed by atoms with Crippen molar-refractivity contribution in [2.24, 2.45) is 0 Å². The first-order valence-electron chi connectivity index (χ1n) is 11.5. The number of rotatable bonds is 10. The van der Waals surface area contributed by atoms with E-state index >= 15 is 0 Å². The van der Waals surface area contributed by atoms with E-state index < -0.39 is 6.04 Å². The number of carbonyl (C=O) groups is 2. The Morgan fingerprint density at radius 2 is 1.41 bits per heavy atom. The molecule has 4 nitrogen and oxygen atoms in total. The van der Waals surface area contributed by atoms with Crippen molar-refractivity contribution >= 4 is 35.0 Å². The van der Waals surface area contributed by atoms with Crippen molar-refractivity contribution in [3.05, 3.63) is 106 Å². The second-order valence-electron chi connectivity index (χ2n) is 8.40. The van der Waals surface area contributed by atoms with Crippen molar-refractivity contribution in [3.8, 4) is 0 Å². The molecule has 34 heavy (non-hydrogen) atoms. The summed E-state index contributed by atoms with van der Waals surface area (Å²) in [5.41, 5.74) is 2.48. The monoisotopic (exact) mass is 496 g/mol. The maximum absolute atomic E-state index is 13.7. The van der Waals surface area contributed by atoms with Crippen LogP contribution in [0.15, 0.2) is 78.9 Å². The summed E-state index contributed by atoms with van der Waals surface area (Å²) in [5, 5.41) is 4.15. The molecule has 0 saturated heterocycles. The van der Waals surface area contributed by atoms with Crippen LogP contribution in [-0.2, 0) is 29.0 Å². The molecule has 0 bridgehead atoms. The lowest BCUT2D eigenvalue weighted by molar-refractivity contribution is -0.141. The Kier molecular flexibility index (Phi) is 9.55. The summed E-state index contributed by atoms with van der Waals surface area (Å²) in [7, 11) is 0. The first-order valence-corrected chi connectivity index (χ1v) is 12.2. The van der Waals surface area contributed by atoms with Crippen LogP contribution in [0.25, 0.3) is 0 Å². The average Bonchev–Trinajstić information content (AvgIpc) is 2.84. The third-order valence-corrected chi connectivity index (χ3v) is 6.61. The molecule has 6 heteroatoms. The third kappa shape index (κ3) is 7.09. The third-order valence-electron chi connectivity index (χ3n) is 5.87. The minimum absolute atomic E-state index is 0.00777. The molecule has 0 heterocycles. The summed E-state index contributed by atoms with van der Waals surface area (Å²) in [4.78, 5) is 28.8. The highest BCUT2D eigenvalue weighted by Crippen LogP contribution is 2.23. The Balaban J connectivity index is 2.00. The summed E-state index contributed by atoms with van der Waals surface area (Å²) in [5.74, 6) is -0.369. The largest absolute Gasteiger partial charge is 0.352 e. The number of halogens is 2. The molecule has 1 N–H and O–H groups in total. The van der Waals surface area contributed by atoms with Crippen molar-refractivity contribution in [1.29, 1.82) is 0 Å². The van der Waals surface area contributed by atoms with Crippen molar-refractivity contribution in [1.82, 2.24) is 10.2 Å². The number of hydrogen-bond acceptors (Lipinski definition) is 2. The molecule has 0 unspecified atom stereocenters. The minimum atomic E-state index is -0.706. The van der Waals surface area contributed by atoms with Gasteiger partial charge < -0.3 is 10.2 Å². The molecule has 0 aliphatic heterocycles. The van der Waals surface area contributed by atoms with Crippen molar-refractivity contribution in [3.63, 3.8) is 0 Å². The highest BCUT2D eigenvalue weighted by atomic mass is 35.5. The zero-order valence-corrected chi connectivity index (χ0v) is 21.0. The van der Waals surface area contributed by atoms with E-state index in [-0.39, 0.29) is 30.8 Å². The molecule has 0 aliphatic carbocycles. The van der Waals surface area contributed by atoms with E-state index in [2.05, 4.69) is 5.32 Å². The van der Waals surface area contributed by atoms with Crippen LogP contribution in [0.1, 0.15) is 37.0 Å². The average molecular weight is 497 g/mol. The standard InChI is InChI=1S/C28H30Cl2N2O2/c1-3-20(2)31-28(34)26(17-21-11-5-4-6-12-21)32(19-23-14-8-10-16-25(23)30)27(33)18-22-13-7-9-15-24(22)29/h4-16,20,26H,3,17-19H2,1-2H3,(H,31,34)/t20-,26+/m1/s1. The first-order chi connectivity index (χ1) is 16.4. The number of carbonyl (C=O) groups excluding carboxylic acids is 2. The van der Waals surface area contributed by atoms with Crippen LogP contribution < -0.4 is 5.32 Å². The molecule has 2 atom stereocenters. The number of amides is 2. The van der Waals surface area contributed by atoms with Crippen molar-refractivity contribution in [2.45, 2.75) is 51.7 Å². The van der Waals surface area contributed by atoms with Crippen LogP contribution in [0.4, 0.5) is 0 Å². The molecule has 3 aromatic carbocycles. The van der Waals surface area contributed by atoms with Crippen LogP contribution in [0.3, 0.4) is 0 Å². The van der Waals surface area contributed by atoms with Gasteiger partial charge in [0.05, 0.1) is 6.42 Å². The number of nitrogens with zero attached hydrogens (tertiary/aromatic N) is 1. The van der Waals surface area contributed by atoms with E-state index in [0.29, 0.717) is 16.5 Å². The zero-order valence-electron chi connectivity index (χ0n) is 19.5. The molecule has 3 aromatic rings. The van der Waals surface area contributed by atoms with Gasteiger partial charge >= 0.3 is 0 Å². The topological polar surface area (TPSA) is 49.4 Å². The zero-order chi connectivity index (χ0) is 24.5. The normalized spacial score (nSPS) is 12.6. The van der Waals surface area contributed by atoms with E-state index in [4.69, 9.17) is 23.2 Å². The minimum Gasteiger partial charge on any atom is -0.352 e. The van der Waals surface area contributed by atoms with Gasteiger partial charge in [-0.25, -0.2) is 0 Å². The summed E-state index contributed by atoms with van der Waals surface area (Å²) >= 11 is 12.8. The van der Waals surface area contributed by atoms with Crippen LogP contribution in [0, 0.1) is 0 Å². The van der Waals surface area contributed by atoms with Gasteiger partial charge in [-0.15, -0.1) is 0 Å². The SMILES string of the molecule is CC[C@@H](C)NC(=O)[C@H](Cc1ccccc1)N(Cc1ccccc1Cl)C(=O)Cc1ccccc1Cl. The van der Waals surface area contributed by atoms with E-state index in [0.717, 1.165) is 23.1 Å². The number of hydrogen-bond donors (Lipinski definition) is 1. The fourth-order valence-corrected chi connectivity index (χ4v) is 4.11. The molecule has 0 spiro atoms. The fraction of sp³-hybridized carbons (Fsp3) is 0.286. The predicted molar refractivity (Wildman–Crippen MR) is 139 cm³/mol. The Bertz CT molecular complexity index is 1100. The van der Waals surface area contributed by atoms with Crippen LogP contribution >= 0.6 is 23.2 Å². The van der Waals surface area contributed by atoms with Crippen molar-refractivity contribution in [2.75, 3.05) is 0 Å². The van der Waals surface area contributed by atoms with Gasteiger partial charge in [0, 0.05) is 29.1 Å². The summed E-state index contributed by atoms with van der Waals surface area (Å²) in [6.45, 7) is 4.19. The van der Waals surface area contributed by atoms with E-state index in [1.165, 1.54) is 0 Å². The predicted octanol–water partition coefficient (Wildman–Crippen LogP) is 6.09. The van der Waals surface area contributed by atoms with Crippen LogP contribution in [0.2, 0.25) is 10.0 Å². The van der Waals surface area contributed by atoms with E-state index in [1.54, 1.807) is 17.0 Å². The molecular formula is C28H30Cl2N2O2. The Hall–Kier alpha value is -2.82. The summed E-state index contributed by atoms with van der Waals surface area (Å²) in [6, 6.07) is 23.7. The second-order valence-corrected chi connectivity index (χ2v) is 9.22. The van der Waals surface area contributed by atoms with Gasteiger partial charge in [0.1, 0.15) is 6.04 Å². The molecule has 0 aromatic heterocycles. The van der Waals surface area contributed by atoms with Gasteiger partial charge in [-0.1, -0.05) is 96.9 Å². The molecule has 2 amide bonds. The quantitative estimate of drug-likeness (QED) is 0.369. The Morgan fingerprint density at radius 3 is 2.00 bits per heavy atom. The molecule has 0 fully saturated rings. The molecule has 178 valence electrons.